The van der Waals surface area contributed by atoms with Gasteiger partial charge in [-0.05, 0) is 67.1 Å². The molecule has 1 nitrogen and oxygen atoms in total. The number of fused-ring (bicyclic) bond motifs is 2. The van der Waals surface area contributed by atoms with Crippen LogP contribution in [0.5, 0.6) is 0 Å². The fourth-order valence-corrected chi connectivity index (χ4v) is 4.98. The molecule has 0 bridgehead atoms. The maximum atomic E-state index is 6.49. The van der Waals surface area contributed by atoms with Crippen molar-refractivity contribution in [3.63, 3.8) is 0 Å². The van der Waals surface area contributed by atoms with Gasteiger partial charge in [0, 0.05) is 23.5 Å². The van der Waals surface area contributed by atoms with Gasteiger partial charge in [0.25, 0.3) is 0 Å². The average Bonchev–Trinajstić information content (AvgIpc) is 2.79. The Kier molecular flexibility index (Phi) is 4.77. The molecule has 134 valence electrons. The number of aryl methyl sites for hydroxylation is 2. The number of hydrogen-bond donors (Lipinski definition) is 0. The van der Waals surface area contributed by atoms with Crippen molar-refractivity contribution in [3.8, 4) is 0 Å². The van der Waals surface area contributed by atoms with Gasteiger partial charge in [0.1, 0.15) is 0 Å². The van der Waals surface area contributed by atoms with Crippen LogP contribution in [0.25, 0.3) is 0 Å². The SMILES string of the molecule is C=CCC1(C2=CCN(C)CC2)c2ccccc2CCc2ccc(Cl)cc21. The Labute approximate surface area is 162 Å². The molecule has 2 aliphatic rings. The fourth-order valence-electron chi connectivity index (χ4n) is 4.80. The first-order chi connectivity index (χ1) is 12.6. The van der Waals surface area contributed by atoms with E-state index in [4.69, 9.17) is 11.6 Å². The summed E-state index contributed by atoms with van der Waals surface area (Å²) in [5.41, 5.74) is 7.08. The third kappa shape index (κ3) is 2.84. The molecule has 26 heavy (non-hydrogen) atoms. The number of benzene rings is 2. The average molecular weight is 364 g/mol. The van der Waals surface area contributed by atoms with Gasteiger partial charge in [0.2, 0.25) is 0 Å². The minimum absolute atomic E-state index is 0.143. The highest BCUT2D eigenvalue weighted by molar-refractivity contribution is 6.30. The molecule has 1 aliphatic carbocycles. The van der Waals surface area contributed by atoms with Crippen molar-refractivity contribution in [1.29, 1.82) is 0 Å². The zero-order valence-corrected chi connectivity index (χ0v) is 16.2. The van der Waals surface area contributed by atoms with E-state index in [0.29, 0.717) is 0 Å². The molecule has 0 amide bonds. The van der Waals surface area contributed by atoms with Gasteiger partial charge < -0.3 is 4.90 Å². The molecule has 0 radical (unpaired) electrons. The summed E-state index contributed by atoms with van der Waals surface area (Å²) in [6.45, 7) is 6.24. The van der Waals surface area contributed by atoms with Gasteiger partial charge >= 0.3 is 0 Å². The lowest BCUT2D eigenvalue weighted by molar-refractivity contribution is 0.345. The molecule has 1 atom stereocenters. The second-order valence-electron chi connectivity index (χ2n) is 7.60. The summed E-state index contributed by atoms with van der Waals surface area (Å²) in [5.74, 6) is 0. The molecule has 0 fully saturated rings. The maximum absolute atomic E-state index is 6.49. The molecule has 1 aliphatic heterocycles. The van der Waals surface area contributed by atoms with Crippen LogP contribution >= 0.6 is 11.6 Å². The number of allylic oxidation sites excluding steroid dienone is 1. The number of nitrogens with zero attached hydrogens (tertiary/aromatic N) is 1. The molecule has 0 spiro atoms. The maximum Gasteiger partial charge on any atom is 0.0452 e. The largest absolute Gasteiger partial charge is 0.302 e. The fraction of sp³-hybridized carbons (Fsp3) is 0.333. The molecule has 2 aromatic rings. The minimum atomic E-state index is -0.143. The first kappa shape index (κ1) is 17.6. The Hall–Kier alpha value is -1.83. The van der Waals surface area contributed by atoms with Gasteiger partial charge in [0.15, 0.2) is 0 Å². The highest BCUT2D eigenvalue weighted by Gasteiger charge is 2.41. The first-order valence-corrected chi connectivity index (χ1v) is 9.89. The van der Waals surface area contributed by atoms with E-state index in [1.807, 2.05) is 6.07 Å². The number of rotatable bonds is 3. The molecule has 0 saturated carbocycles. The lowest BCUT2D eigenvalue weighted by Gasteiger charge is -2.41. The summed E-state index contributed by atoms with van der Waals surface area (Å²) in [4.78, 5) is 2.38. The third-order valence-electron chi connectivity index (χ3n) is 6.08. The molecule has 1 unspecified atom stereocenters. The highest BCUT2D eigenvalue weighted by atomic mass is 35.5. The van der Waals surface area contributed by atoms with Crippen molar-refractivity contribution in [2.45, 2.75) is 31.1 Å². The summed E-state index contributed by atoms with van der Waals surface area (Å²) < 4.78 is 0. The smallest absolute Gasteiger partial charge is 0.0452 e. The van der Waals surface area contributed by atoms with Crippen molar-refractivity contribution in [2.75, 3.05) is 20.1 Å². The van der Waals surface area contributed by atoms with Gasteiger partial charge in [-0.25, -0.2) is 0 Å². The van der Waals surface area contributed by atoms with E-state index in [1.54, 1.807) is 0 Å². The third-order valence-corrected chi connectivity index (χ3v) is 6.32. The van der Waals surface area contributed by atoms with Crippen molar-refractivity contribution in [3.05, 3.63) is 94.0 Å². The lowest BCUT2D eigenvalue weighted by atomic mass is 9.64. The molecule has 4 rings (SSSR count). The van der Waals surface area contributed by atoms with E-state index < -0.39 is 0 Å². The summed E-state index contributed by atoms with van der Waals surface area (Å²) in [7, 11) is 2.19. The Balaban J connectivity index is 2.04. The van der Waals surface area contributed by atoms with Crippen molar-refractivity contribution in [1.82, 2.24) is 4.90 Å². The summed E-state index contributed by atoms with van der Waals surface area (Å²) in [6, 6.07) is 15.5. The summed E-state index contributed by atoms with van der Waals surface area (Å²) in [5, 5.41) is 0.824. The molecular formula is C24H26ClN. The van der Waals surface area contributed by atoms with Crippen molar-refractivity contribution in [2.24, 2.45) is 0 Å². The monoisotopic (exact) mass is 363 g/mol. The van der Waals surface area contributed by atoms with Crippen LogP contribution in [0.4, 0.5) is 0 Å². The van der Waals surface area contributed by atoms with E-state index in [-0.39, 0.29) is 5.41 Å². The molecule has 1 heterocycles. The van der Waals surface area contributed by atoms with Crippen LogP contribution in [-0.4, -0.2) is 25.0 Å². The van der Waals surface area contributed by atoms with Crippen molar-refractivity contribution < 1.29 is 0 Å². The van der Waals surface area contributed by atoms with Crippen LogP contribution in [0, 0.1) is 0 Å². The lowest BCUT2D eigenvalue weighted by Crippen LogP contribution is -2.36. The molecule has 0 aromatic heterocycles. The van der Waals surface area contributed by atoms with Crippen LogP contribution < -0.4 is 0 Å². The highest BCUT2D eigenvalue weighted by Crippen LogP contribution is 2.49. The topological polar surface area (TPSA) is 3.24 Å². The second kappa shape index (κ2) is 7.06. The van der Waals surface area contributed by atoms with E-state index in [0.717, 1.165) is 43.8 Å². The van der Waals surface area contributed by atoms with Crippen LogP contribution in [0.1, 0.15) is 35.1 Å². The van der Waals surface area contributed by atoms with E-state index in [1.165, 1.54) is 27.8 Å². The quantitative estimate of drug-likeness (QED) is 0.645. The van der Waals surface area contributed by atoms with Crippen LogP contribution in [0.3, 0.4) is 0 Å². The number of halogens is 1. The Bertz CT molecular complexity index is 866. The van der Waals surface area contributed by atoms with Gasteiger partial charge in [-0.2, -0.15) is 0 Å². The zero-order valence-electron chi connectivity index (χ0n) is 15.5. The Morgan fingerprint density at radius 2 is 1.85 bits per heavy atom. The molecule has 2 aromatic carbocycles. The molecular weight excluding hydrogens is 338 g/mol. The summed E-state index contributed by atoms with van der Waals surface area (Å²) in [6.07, 6.45) is 8.68. The normalized spacial score (nSPS) is 22.8. The van der Waals surface area contributed by atoms with Gasteiger partial charge in [0.05, 0.1) is 0 Å². The van der Waals surface area contributed by atoms with E-state index in [9.17, 15) is 0 Å². The second-order valence-corrected chi connectivity index (χ2v) is 8.03. The molecule has 0 saturated heterocycles. The summed E-state index contributed by atoms with van der Waals surface area (Å²) >= 11 is 6.49. The molecule has 0 N–H and O–H groups in total. The number of hydrogen-bond acceptors (Lipinski definition) is 1. The predicted octanol–water partition coefficient (Wildman–Crippen LogP) is 5.56. The van der Waals surface area contributed by atoms with Crippen LogP contribution in [0.15, 0.2) is 66.8 Å². The van der Waals surface area contributed by atoms with Crippen LogP contribution in [0.2, 0.25) is 5.02 Å². The number of likely N-dealkylation sites (N-methyl/N-ethyl adjacent to an activating group) is 1. The predicted molar refractivity (Wildman–Crippen MR) is 111 cm³/mol. The first-order valence-electron chi connectivity index (χ1n) is 9.51. The minimum Gasteiger partial charge on any atom is -0.302 e. The Morgan fingerprint density at radius 3 is 2.58 bits per heavy atom. The van der Waals surface area contributed by atoms with Crippen LogP contribution in [-0.2, 0) is 18.3 Å². The standard InChI is InChI=1S/C24H26ClN/c1-3-14-24(20-12-15-26(2)16-13-20)22-7-5-4-6-18(22)8-9-19-10-11-21(25)17-23(19)24/h3-7,10-12,17H,1,8-9,13-16H2,2H3. The molecule has 2 heteroatoms. The van der Waals surface area contributed by atoms with Gasteiger partial charge in [-0.15, -0.1) is 6.58 Å². The van der Waals surface area contributed by atoms with E-state index in [2.05, 4.69) is 67.1 Å². The van der Waals surface area contributed by atoms with Gasteiger partial charge in [-0.3, -0.25) is 0 Å². The van der Waals surface area contributed by atoms with Gasteiger partial charge in [-0.1, -0.05) is 59.7 Å². The zero-order chi connectivity index (χ0) is 18.1. The Morgan fingerprint density at radius 1 is 1.08 bits per heavy atom. The van der Waals surface area contributed by atoms with E-state index >= 15 is 0 Å². The van der Waals surface area contributed by atoms with Crippen molar-refractivity contribution >= 4 is 11.6 Å².